The smallest absolute Gasteiger partial charge is 0.274 e. The topological polar surface area (TPSA) is 42.4 Å². The van der Waals surface area contributed by atoms with Gasteiger partial charge in [-0.1, -0.05) is 11.3 Å². The average molecular weight is 467 g/mol. The van der Waals surface area contributed by atoms with Crippen LogP contribution >= 0.6 is 23.1 Å². The van der Waals surface area contributed by atoms with Crippen LogP contribution in [0.3, 0.4) is 0 Å². The van der Waals surface area contributed by atoms with E-state index in [-0.39, 0.29) is 23.3 Å². The lowest BCUT2D eigenvalue weighted by atomic mass is 10.1. The Morgan fingerprint density at radius 3 is 2.61 bits per heavy atom. The zero-order valence-electron chi connectivity index (χ0n) is 16.7. The summed E-state index contributed by atoms with van der Waals surface area (Å²) in [4.78, 5) is 19.4. The molecule has 1 fully saturated rings. The van der Waals surface area contributed by atoms with Gasteiger partial charge in [0.2, 0.25) is 5.91 Å². The minimum atomic E-state index is -0.695. The SMILES string of the molecule is O=C(CCCSc1ccc(F)cc1)N1CCC(Oc2nc3c(F)cc(F)cc3s2)CC1. The highest BCUT2D eigenvalue weighted by Crippen LogP contribution is 2.32. The first kappa shape index (κ1) is 22.0. The van der Waals surface area contributed by atoms with Crippen molar-refractivity contribution in [2.45, 2.75) is 36.7 Å². The second-order valence-corrected chi connectivity index (χ2v) is 9.48. The third kappa shape index (κ3) is 5.71. The summed E-state index contributed by atoms with van der Waals surface area (Å²) >= 11 is 2.73. The maximum Gasteiger partial charge on any atom is 0.274 e. The minimum absolute atomic E-state index is 0.105. The molecule has 0 atom stereocenters. The van der Waals surface area contributed by atoms with E-state index in [1.165, 1.54) is 18.2 Å². The van der Waals surface area contributed by atoms with E-state index < -0.39 is 11.6 Å². The Hall–Kier alpha value is -2.26. The van der Waals surface area contributed by atoms with E-state index in [0.29, 0.717) is 42.2 Å². The second kappa shape index (κ2) is 9.91. The van der Waals surface area contributed by atoms with Crippen LogP contribution in [-0.2, 0) is 4.79 Å². The van der Waals surface area contributed by atoms with Gasteiger partial charge in [0, 0.05) is 43.3 Å². The van der Waals surface area contributed by atoms with Crippen LogP contribution in [0.15, 0.2) is 41.3 Å². The fourth-order valence-corrected chi connectivity index (χ4v) is 5.23. The van der Waals surface area contributed by atoms with Gasteiger partial charge in [-0.3, -0.25) is 4.79 Å². The number of hydrogen-bond donors (Lipinski definition) is 0. The molecule has 0 saturated carbocycles. The van der Waals surface area contributed by atoms with Crippen molar-refractivity contribution in [2.75, 3.05) is 18.8 Å². The molecule has 0 aliphatic carbocycles. The van der Waals surface area contributed by atoms with Gasteiger partial charge in [0.15, 0.2) is 5.82 Å². The molecular weight excluding hydrogens is 445 g/mol. The quantitative estimate of drug-likeness (QED) is 0.333. The molecule has 4 nitrogen and oxygen atoms in total. The number of aromatic nitrogens is 1. The van der Waals surface area contributed by atoms with Gasteiger partial charge >= 0.3 is 0 Å². The lowest BCUT2D eigenvalue weighted by Gasteiger charge is -2.31. The van der Waals surface area contributed by atoms with Crippen LogP contribution in [-0.4, -0.2) is 40.7 Å². The summed E-state index contributed by atoms with van der Waals surface area (Å²) in [6.45, 7) is 1.20. The van der Waals surface area contributed by atoms with Crippen molar-refractivity contribution in [3.8, 4) is 5.19 Å². The van der Waals surface area contributed by atoms with Gasteiger partial charge in [-0.15, -0.1) is 11.8 Å². The molecule has 1 aliphatic rings. The van der Waals surface area contributed by atoms with Crippen molar-refractivity contribution in [1.29, 1.82) is 0 Å². The fraction of sp³-hybridized carbons (Fsp3) is 0.364. The normalized spacial score (nSPS) is 14.9. The van der Waals surface area contributed by atoms with Crippen LogP contribution in [0.1, 0.15) is 25.7 Å². The molecule has 0 N–H and O–H groups in total. The van der Waals surface area contributed by atoms with Crippen LogP contribution in [0.2, 0.25) is 0 Å². The maximum absolute atomic E-state index is 13.8. The Kier molecular flexibility index (Phi) is 7.02. The Balaban J connectivity index is 1.20. The van der Waals surface area contributed by atoms with Gasteiger partial charge < -0.3 is 9.64 Å². The lowest BCUT2D eigenvalue weighted by Crippen LogP contribution is -2.41. The van der Waals surface area contributed by atoms with E-state index in [0.717, 1.165) is 34.5 Å². The zero-order valence-corrected chi connectivity index (χ0v) is 18.3. The first-order valence-electron chi connectivity index (χ1n) is 10.1. The minimum Gasteiger partial charge on any atom is -0.467 e. The molecule has 1 amide bonds. The van der Waals surface area contributed by atoms with Crippen LogP contribution in [0.25, 0.3) is 10.2 Å². The van der Waals surface area contributed by atoms with Gasteiger partial charge in [-0.2, -0.15) is 4.98 Å². The standard InChI is InChI=1S/C22H21F3N2O2S2/c23-14-3-5-17(6-4-14)30-11-1-2-20(28)27-9-7-16(8-10-27)29-22-26-21-18(25)12-15(24)13-19(21)31-22/h3-6,12-13,16H,1-2,7-11H2. The number of hydrogen-bond acceptors (Lipinski definition) is 5. The number of amides is 1. The number of carbonyl (C=O) groups is 1. The molecule has 1 aromatic heterocycles. The number of halogens is 3. The highest BCUT2D eigenvalue weighted by atomic mass is 32.2. The molecule has 2 aromatic carbocycles. The first-order valence-corrected chi connectivity index (χ1v) is 11.9. The van der Waals surface area contributed by atoms with E-state index in [9.17, 15) is 18.0 Å². The fourth-order valence-electron chi connectivity index (χ4n) is 3.46. The molecule has 4 rings (SSSR count). The highest BCUT2D eigenvalue weighted by molar-refractivity contribution is 7.99. The largest absolute Gasteiger partial charge is 0.467 e. The van der Waals surface area contributed by atoms with Crippen molar-refractivity contribution >= 4 is 39.2 Å². The number of thioether (sulfide) groups is 1. The summed E-state index contributed by atoms with van der Waals surface area (Å²) in [7, 11) is 0. The Morgan fingerprint density at radius 2 is 1.87 bits per heavy atom. The molecule has 3 aromatic rings. The van der Waals surface area contributed by atoms with Gasteiger partial charge in [0.1, 0.15) is 23.3 Å². The van der Waals surface area contributed by atoms with Crippen LogP contribution < -0.4 is 4.74 Å². The number of ether oxygens (including phenoxy) is 1. The van der Waals surface area contributed by atoms with Crippen LogP contribution in [0.4, 0.5) is 13.2 Å². The molecule has 9 heteroatoms. The predicted octanol–water partition coefficient (Wildman–Crippen LogP) is 5.66. The van der Waals surface area contributed by atoms with E-state index in [1.54, 1.807) is 23.9 Å². The van der Waals surface area contributed by atoms with Crippen molar-refractivity contribution in [3.05, 3.63) is 53.8 Å². The number of fused-ring (bicyclic) bond motifs is 1. The number of nitrogens with zero attached hydrogens (tertiary/aromatic N) is 2. The maximum atomic E-state index is 13.8. The summed E-state index contributed by atoms with van der Waals surface area (Å²) < 4.78 is 46.3. The summed E-state index contributed by atoms with van der Waals surface area (Å²) in [6, 6.07) is 8.41. The van der Waals surface area contributed by atoms with Gasteiger partial charge in [-0.25, -0.2) is 13.2 Å². The average Bonchev–Trinajstić information content (AvgIpc) is 3.15. The summed E-state index contributed by atoms with van der Waals surface area (Å²) in [5.41, 5.74) is 0.118. The lowest BCUT2D eigenvalue weighted by molar-refractivity contribution is -0.133. The Labute approximate surface area is 186 Å². The number of thiazole rings is 1. The number of likely N-dealkylation sites (tertiary alicyclic amines) is 1. The Bertz CT molecular complexity index is 1050. The molecule has 1 aliphatic heterocycles. The highest BCUT2D eigenvalue weighted by Gasteiger charge is 2.24. The van der Waals surface area contributed by atoms with E-state index in [2.05, 4.69) is 4.98 Å². The monoisotopic (exact) mass is 466 g/mol. The van der Waals surface area contributed by atoms with Gasteiger partial charge in [-0.05, 0) is 42.5 Å². The molecular formula is C22H21F3N2O2S2. The van der Waals surface area contributed by atoms with Crippen LogP contribution in [0, 0.1) is 17.5 Å². The zero-order chi connectivity index (χ0) is 21.8. The van der Waals surface area contributed by atoms with Crippen molar-refractivity contribution in [3.63, 3.8) is 0 Å². The molecule has 2 heterocycles. The predicted molar refractivity (Wildman–Crippen MR) is 116 cm³/mol. The number of carbonyl (C=O) groups excluding carboxylic acids is 1. The third-order valence-corrected chi connectivity index (χ3v) is 7.06. The number of piperidine rings is 1. The van der Waals surface area contributed by atoms with Crippen molar-refractivity contribution < 1.29 is 22.7 Å². The number of rotatable bonds is 7. The first-order chi connectivity index (χ1) is 15.0. The van der Waals surface area contributed by atoms with Crippen LogP contribution in [0.5, 0.6) is 5.19 Å². The summed E-state index contributed by atoms with van der Waals surface area (Å²) in [5, 5.41) is 0.321. The third-order valence-electron chi connectivity index (χ3n) is 5.07. The summed E-state index contributed by atoms with van der Waals surface area (Å²) in [5.74, 6) is -0.667. The number of benzene rings is 2. The van der Waals surface area contributed by atoms with E-state index >= 15 is 0 Å². The molecule has 31 heavy (non-hydrogen) atoms. The van der Waals surface area contributed by atoms with E-state index in [4.69, 9.17) is 4.74 Å². The van der Waals surface area contributed by atoms with E-state index in [1.807, 2.05) is 4.90 Å². The molecule has 1 saturated heterocycles. The van der Waals surface area contributed by atoms with Gasteiger partial charge in [0.05, 0.1) is 4.70 Å². The molecule has 0 radical (unpaired) electrons. The Morgan fingerprint density at radius 1 is 1.13 bits per heavy atom. The summed E-state index contributed by atoms with van der Waals surface area (Å²) in [6.07, 6.45) is 2.46. The molecule has 0 unspecified atom stereocenters. The second-order valence-electron chi connectivity index (χ2n) is 7.32. The molecule has 164 valence electrons. The van der Waals surface area contributed by atoms with Gasteiger partial charge in [0.25, 0.3) is 5.19 Å². The van der Waals surface area contributed by atoms with Crippen molar-refractivity contribution in [2.24, 2.45) is 0 Å². The molecule has 0 bridgehead atoms. The molecule has 0 spiro atoms. The van der Waals surface area contributed by atoms with Crippen molar-refractivity contribution in [1.82, 2.24) is 9.88 Å².